The number of nitrogen functional groups attached to an aromatic ring is 3. The maximum absolute atomic E-state index is 12.9. The molecule has 0 fully saturated rings. The lowest BCUT2D eigenvalue weighted by Crippen LogP contribution is -2.06. The van der Waals surface area contributed by atoms with Gasteiger partial charge in [-0.05, 0) is 149 Å². The van der Waals surface area contributed by atoms with Crippen LogP contribution in [0.15, 0.2) is 177 Å². The first kappa shape index (κ1) is 55.4. The molecule has 362 valence electrons. The van der Waals surface area contributed by atoms with Gasteiger partial charge >= 0.3 is 0 Å². The Labute approximate surface area is 406 Å². The number of aryl methyl sites for hydroxylation is 4. The summed E-state index contributed by atoms with van der Waals surface area (Å²) < 4.78 is 50.1. The molecule has 2 heterocycles. The van der Waals surface area contributed by atoms with E-state index in [0.717, 1.165) is 34.5 Å². The summed E-state index contributed by atoms with van der Waals surface area (Å²) in [5.74, 6) is 3.69. The van der Waals surface area contributed by atoms with Crippen molar-refractivity contribution >= 4 is 65.7 Å². The van der Waals surface area contributed by atoms with Gasteiger partial charge in [-0.15, -0.1) is 0 Å². The number of nitrogens with zero attached hydrogens (tertiary/aromatic N) is 6. The monoisotopic (exact) mass is 970 g/mol. The van der Waals surface area contributed by atoms with E-state index in [1.165, 1.54) is 24.3 Å². The topological polar surface area (TPSA) is 260 Å². The molecule has 0 atom stereocenters. The zero-order valence-corrected chi connectivity index (χ0v) is 42.0. The molecule has 69 heavy (non-hydrogen) atoms. The largest absolute Gasteiger partial charge is 0.399 e. The van der Waals surface area contributed by atoms with Crippen LogP contribution in [-0.2, 0) is 19.7 Å². The van der Waals surface area contributed by atoms with Gasteiger partial charge in [0.25, 0.3) is 0 Å². The van der Waals surface area contributed by atoms with Gasteiger partial charge in [-0.3, -0.25) is 0 Å². The molecule has 0 saturated carbocycles. The molecule has 0 aliphatic rings. The van der Waals surface area contributed by atoms with Crippen LogP contribution in [0.1, 0.15) is 51.0 Å². The Hall–Kier alpha value is -7.96. The van der Waals surface area contributed by atoms with Crippen LogP contribution in [0.2, 0.25) is 0 Å². The highest BCUT2D eigenvalue weighted by molar-refractivity contribution is 7.91. The fourth-order valence-electron chi connectivity index (χ4n) is 5.69. The number of aromatic nitrogens is 6. The molecule has 0 spiro atoms. The van der Waals surface area contributed by atoms with Gasteiger partial charge in [0, 0.05) is 41.2 Å². The number of para-hydroxylation sites is 2. The number of sulfone groups is 2. The molecule has 6 aromatic carbocycles. The summed E-state index contributed by atoms with van der Waals surface area (Å²) >= 11 is 0. The molecule has 0 amide bonds. The lowest BCUT2D eigenvalue weighted by molar-refractivity contribution is 0.594. The van der Waals surface area contributed by atoms with Crippen molar-refractivity contribution in [2.24, 2.45) is 0 Å². The van der Waals surface area contributed by atoms with Crippen LogP contribution >= 0.6 is 0 Å². The number of hydrogen-bond acceptors (Lipinski definition) is 16. The van der Waals surface area contributed by atoms with Crippen molar-refractivity contribution in [2.45, 2.75) is 75.0 Å². The number of nitrogens with two attached hydrogens (primary N) is 3. The van der Waals surface area contributed by atoms with E-state index < -0.39 is 19.7 Å². The van der Waals surface area contributed by atoms with E-state index in [0.29, 0.717) is 34.8 Å². The third-order valence-corrected chi connectivity index (χ3v) is 12.4. The Kier molecular flexibility index (Phi) is 22.2. The van der Waals surface area contributed by atoms with Crippen molar-refractivity contribution in [3.8, 4) is 0 Å². The molecule has 0 unspecified atom stereocenters. The summed E-state index contributed by atoms with van der Waals surface area (Å²) in [5.41, 5.74) is 20.6. The Morgan fingerprint density at radius 3 is 0.942 bits per heavy atom. The van der Waals surface area contributed by atoms with E-state index in [1.54, 1.807) is 86.8 Å². The zero-order chi connectivity index (χ0) is 51.0. The maximum atomic E-state index is 12.9. The summed E-state index contributed by atoms with van der Waals surface area (Å²) in [4.78, 5) is 25.9. The number of benzene rings is 6. The smallest absolute Gasteiger partial charge is 0.232 e. The SMILES string of the molecule is CC.CC.CNc1ccc(S(=O)(=O)c2ccc(Nc3nc(C)nc(Nc4ccccc4)n3)cc2)cc1.Cc1nc(C)nc(C)n1.Nc1ccc(S(=O)(=O)c2ccc(N)cc2)cc1.Nc1ccccc1. The molecule has 16 nitrogen and oxygen atoms in total. The third-order valence-electron chi connectivity index (χ3n) is 8.80. The van der Waals surface area contributed by atoms with Gasteiger partial charge in [-0.2, -0.15) is 15.0 Å². The summed E-state index contributed by atoms with van der Waals surface area (Å²) in [5, 5.41) is 9.21. The molecule has 2 aromatic heterocycles. The molecule has 18 heteroatoms. The Morgan fingerprint density at radius 1 is 0.348 bits per heavy atom. The van der Waals surface area contributed by atoms with Crippen molar-refractivity contribution in [3.05, 3.63) is 181 Å². The van der Waals surface area contributed by atoms with Gasteiger partial charge in [0.05, 0.1) is 19.6 Å². The van der Waals surface area contributed by atoms with Crippen molar-refractivity contribution in [2.75, 3.05) is 40.2 Å². The molecule has 0 bridgehead atoms. The van der Waals surface area contributed by atoms with Crippen molar-refractivity contribution in [1.29, 1.82) is 0 Å². The fraction of sp³-hybridized carbons (Fsp3) is 0.176. The van der Waals surface area contributed by atoms with E-state index in [2.05, 4.69) is 45.9 Å². The predicted octanol–water partition coefficient (Wildman–Crippen LogP) is 10.3. The van der Waals surface area contributed by atoms with Crippen LogP contribution in [0, 0.1) is 27.7 Å². The second-order valence-corrected chi connectivity index (χ2v) is 17.9. The van der Waals surface area contributed by atoms with Crippen LogP contribution in [0.4, 0.5) is 46.0 Å². The van der Waals surface area contributed by atoms with Gasteiger partial charge in [0.1, 0.15) is 23.3 Å². The highest BCUT2D eigenvalue weighted by Crippen LogP contribution is 2.25. The lowest BCUT2D eigenvalue weighted by atomic mass is 10.3. The number of nitrogens with one attached hydrogen (secondary N) is 3. The highest BCUT2D eigenvalue weighted by Gasteiger charge is 2.18. The number of hydrogen-bond donors (Lipinski definition) is 6. The van der Waals surface area contributed by atoms with Crippen molar-refractivity contribution in [1.82, 2.24) is 29.9 Å². The molecular weight excluding hydrogens is 909 g/mol. The summed E-state index contributed by atoms with van der Waals surface area (Å²) in [6, 6.07) is 44.4. The third kappa shape index (κ3) is 18.0. The van der Waals surface area contributed by atoms with E-state index in [4.69, 9.17) is 17.2 Å². The van der Waals surface area contributed by atoms with E-state index >= 15 is 0 Å². The van der Waals surface area contributed by atoms with Crippen LogP contribution < -0.4 is 33.2 Å². The van der Waals surface area contributed by atoms with Crippen LogP contribution in [0.25, 0.3) is 0 Å². The quantitative estimate of drug-likeness (QED) is 0.0735. The van der Waals surface area contributed by atoms with Gasteiger partial charge in [-0.1, -0.05) is 64.1 Å². The molecule has 0 saturated heterocycles. The van der Waals surface area contributed by atoms with Crippen LogP contribution in [0.5, 0.6) is 0 Å². The lowest BCUT2D eigenvalue weighted by Gasteiger charge is -2.10. The van der Waals surface area contributed by atoms with Gasteiger partial charge in [-0.25, -0.2) is 31.8 Å². The number of anilines is 8. The minimum absolute atomic E-state index is 0.207. The fourth-order valence-corrected chi connectivity index (χ4v) is 8.21. The van der Waals surface area contributed by atoms with Gasteiger partial charge in [0.2, 0.25) is 31.6 Å². The Morgan fingerprint density at radius 2 is 0.623 bits per heavy atom. The summed E-state index contributed by atoms with van der Waals surface area (Å²) in [6.07, 6.45) is 0. The van der Waals surface area contributed by atoms with Crippen LogP contribution in [-0.4, -0.2) is 53.8 Å². The minimum atomic E-state index is -3.61. The predicted molar refractivity (Wildman–Crippen MR) is 280 cm³/mol. The first-order valence-electron chi connectivity index (χ1n) is 21.9. The minimum Gasteiger partial charge on any atom is -0.399 e. The molecule has 8 rings (SSSR count). The van der Waals surface area contributed by atoms with Gasteiger partial charge < -0.3 is 33.2 Å². The second kappa shape index (κ2) is 27.6. The number of rotatable bonds is 9. The molecule has 0 aliphatic carbocycles. The standard InChI is InChI=1S/C23H22N6O2S.C12H12N2O2S.C6H9N3.C6H7N.2C2H6/c1-16-25-22(27-18-6-4-3-5-7-18)29-23(26-16)28-19-10-14-21(15-11-19)32(30,31)20-12-8-17(24-2)9-13-20;13-9-1-5-11(6-2-9)17(15,16)12-7-3-10(14)4-8-12;1-4-7-5(2)9-6(3)8-4;7-6-4-2-1-3-5-6;2*1-2/h3-15,24H,1-2H3,(H2,25,26,27,28,29);1-8H,13-14H2;1-3H3;1-5H,7H2;2*1-2H3. The second-order valence-electron chi connectivity index (χ2n) is 14.0. The summed E-state index contributed by atoms with van der Waals surface area (Å²) in [7, 11) is -5.31. The maximum Gasteiger partial charge on any atom is 0.232 e. The Balaban J connectivity index is 0.000000281. The molecule has 0 radical (unpaired) electrons. The van der Waals surface area contributed by atoms with Crippen molar-refractivity contribution in [3.63, 3.8) is 0 Å². The van der Waals surface area contributed by atoms with E-state index in [-0.39, 0.29) is 19.6 Å². The van der Waals surface area contributed by atoms with Crippen molar-refractivity contribution < 1.29 is 16.8 Å². The average Bonchev–Trinajstić information content (AvgIpc) is 3.34. The van der Waals surface area contributed by atoms with E-state index in [1.807, 2.05) is 109 Å². The summed E-state index contributed by atoms with van der Waals surface area (Å²) in [6.45, 7) is 15.4. The Bertz CT molecular complexity index is 2880. The van der Waals surface area contributed by atoms with Crippen LogP contribution in [0.3, 0.4) is 0 Å². The molecule has 9 N–H and O–H groups in total. The van der Waals surface area contributed by atoms with Gasteiger partial charge in [0.15, 0.2) is 0 Å². The first-order chi connectivity index (χ1) is 33.0. The normalized spacial score (nSPS) is 10.2. The average molecular weight is 971 g/mol. The highest BCUT2D eigenvalue weighted by atomic mass is 32.2. The molecule has 0 aliphatic heterocycles. The first-order valence-corrected chi connectivity index (χ1v) is 24.9. The molecular formula is C51H62N12O4S2. The molecule has 8 aromatic rings. The zero-order valence-electron chi connectivity index (χ0n) is 40.4. The van der Waals surface area contributed by atoms with E-state index in [9.17, 15) is 16.8 Å².